The third kappa shape index (κ3) is 3.50. The third-order valence-corrected chi connectivity index (χ3v) is 6.29. The zero-order chi connectivity index (χ0) is 21.6. The number of pyridine rings is 2. The minimum atomic E-state index is -0.520. The summed E-state index contributed by atoms with van der Waals surface area (Å²) in [7, 11) is 1.72. The maximum atomic E-state index is 11.6. The van der Waals surface area contributed by atoms with Crippen molar-refractivity contribution in [2.24, 2.45) is 0 Å². The fourth-order valence-corrected chi connectivity index (χ4v) is 4.44. The van der Waals surface area contributed by atoms with E-state index in [9.17, 15) is 4.79 Å². The summed E-state index contributed by atoms with van der Waals surface area (Å²) >= 11 is 0. The van der Waals surface area contributed by atoms with Gasteiger partial charge in [-0.15, -0.1) is 0 Å². The van der Waals surface area contributed by atoms with Crippen molar-refractivity contribution in [3.05, 3.63) is 47.4 Å². The van der Waals surface area contributed by atoms with Gasteiger partial charge >= 0.3 is 0 Å². The largest absolute Gasteiger partial charge is 0.378 e. The van der Waals surface area contributed by atoms with Gasteiger partial charge < -0.3 is 24.7 Å². The van der Waals surface area contributed by atoms with Crippen LogP contribution in [0.1, 0.15) is 36.1 Å². The molecule has 2 saturated heterocycles. The minimum Gasteiger partial charge on any atom is -0.378 e. The van der Waals surface area contributed by atoms with E-state index in [2.05, 4.69) is 45.4 Å². The molecule has 162 valence electrons. The monoisotopic (exact) mass is 421 g/mol. The Balaban J connectivity index is 1.67. The fraction of sp³-hybridized carbons (Fsp3) is 0.435. The maximum absolute atomic E-state index is 11.6. The topological polar surface area (TPSA) is 90.3 Å². The van der Waals surface area contributed by atoms with Gasteiger partial charge in [-0.2, -0.15) is 0 Å². The molecule has 2 N–H and O–H groups in total. The average molecular weight is 422 g/mol. The molecule has 0 radical (unpaired) electrons. The van der Waals surface area contributed by atoms with Crippen LogP contribution in [-0.2, 0) is 19.9 Å². The van der Waals surface area contributed by atoms with Gasteiger partial charge in [-0.05, 0) is 30.2 Å². The van der Waals surface area contributed by atoms with Crippen LogP contribution in [0.15, 0.2) is 30.6 Å². The van der Waals surface area contributed by atoms with E-state index in [1.54, 1.807) is 7.11 Å². The van der Waals surface area contributed by atoms with E-state index in [4.69, 9.17) is 14.5 Å². The molecule has 1 amide bonds. The lowest BCUT2D eigenvalue weighted by Crippen LogP contribution is -2.39. The standard InChI is InChI=1S/C23H27N5O3/c1-14-6-20(23(30-3)4-5-31-13-23)27-22(7-14)28-12-18(16-9-24-10-16)17-11-25-21(8-19(17)28)26-15(2)29/h6-8,11-12,16,24H,4-5,9-10,13H2,1-3H3,(H,25,26,29). The molecule has 2 aliphatic heterocycles. The molecule has 8 nitrogen and oxygen atoms in total. The molecule has 3 aromatic rings. The summed E-state index contributed by atoms with van der Waals surface area (Å²) < 4.78 is 13.6. The lowest BCUT2D eigenvalue weighted by atomic mass is 9.94. The number of aromatic nitrogens is 3. The summed E-state index contributed by atoms with van der Waals surface area (Å²) in [6, 6.07) is 6.07. The second kappa shape index (κ2) is 7.71. The van der Waals surface area contributed by atoms with Crippen molar-refractivity contribution in [3.63, 3.8) is 0 Å². The summed E-state index contributed by atoms with van der Waals surface area (Å²) in [4.78, 5) is 21.0. The highest BCUT2D eigenvalue weighted by molar-refractivity contribution is 5.92. The predicted octanol–water partition coefficient (Wildman–Crippen LogP) is 2.64. The molecule has 5 rings (SSSR count). The number of nitrogens with zero attached hydrogens (tertiary/aromatic N) is 3. The molecule has 1 unspecified atom stereocenters. The van der Waals surface area contributed by atoms with Crippen LogP contribution in [0.25, 0.3) is 16.7 Å². The van der Waals surface area contributed by atoms with Gasteiger partial charge in [0, 0.05) is 69.9 Å². The molecule has 0 saturated carbocycles. The van der Waals surface area contributed by atoms with Gasteiger partial charge in [0.05, 0.1) is 17.8 Å². The van der Waals surface area contributed by atoms with Crippen LogP contribution >= 0.6 is 0 Å². The van der Waals surface area contributed by atoms with Crippen molar-refractivity contribution < 1.29 is 14.3 Å². The van der Waals surface area contributed by atoms with E-state index in [1.165, 1.54) is 12.5 Å². The smallest absolute Gasteiger partial charge is 0.222 e. The highest BCUT2D eigenvalue weighted by Crippen LogP contribution is 2.36. The molecular formula is C23H27N5O3. The molecule has 1 atom stereocenters. The first-order chi connectivity index (χ1) is 15.0. The summed E-state index contributed by atoms with van der Waals surface area (Å²) in [5.41, 5.74) is 3.68. The number of carbonyl (C=O) groups is 1. The highest BCUT2D eigenvalue weighted by atomic mass is 16.5. The van der Waals surface area contributed by atoms with Crippen molar-refractivity contribution in [1.29, 1.82) is 0 Å². The zero-order valence-electron chi connectivity index (χ0n) is 18.1. The van der Waals surface area contributed by atoms with Crippen molar-refractivity contribution >= 4 is 22.6 Å². The van der Waals surface area contributed by atoms with Gasteiger partial charge in [-0.1, -0.05) is 0 Å². The molecule has 8 heteroatoms. The number of hydrogen-bond donors (Lipinski definition) is 2. The van der Waals surface area contributed by atoms with E-state index in [-0.39, 0.29) is 5.91 Å². The number of fused-ring (bicyclic) bond motifs is 1. The van der Waals surface area contributed by atoms with Crippen LogP contribution in [0, 0.1) is 6.92 Å². The van der Waals surface area contributed by atoms with Gasteiger partial charge in [0.15, 0.2) is 0 Å². The number of hydrogen-bond acceptors (Lipinski definition) is 6. The van der Waals surface area contributed by atoms with Crippen molar-refractivity contribution in [3.8, 4) is 5.82 Å². The van der Waals surface area contributed by atoms with Gasteiger partial charge in [0.2, 0.25) is 5.91 Å². The Labute approximate surface area is 181 Å². The van der Waals surface area contributed by atoms with Gasteiger partial charge in [0.25, 0.3) is 0 Å². The first-order valence-electron chi connectivity index (χ1n) is 10.6. The molecule has 5 heterocycles. The van der Waals surface area contributed by atoms with E-state index in [0.717, 1.165) is 47.5 Å². The lowest BCUT2D eigenvalue weighted by Gasteiger charge is -2.27. The first kappa shape index (κ1) is 20.1. The first-order valence-corrected chi connectivity index (χ1v) is 10.6. The van der Waals surface area contributed by atoms with Crippen LogP contribution in [0.3, 0.4) is 0 Å². The zero-order valence-corrected chi connectivity index (χ0v) is 18.1. The lowest BCUT2D eigenvalue weighted by molar-refractivity contribution is -0.114. The van der Waals surface area contributed by atoms with Gasteiger partial charge in [0.1, 0.15) is 17.2 Å². The number of rotatable bonds is 5. The summed E-state index contributed by atoms with van der Waals surface area (Å²) in [6.45, 7) is 6.61. The number of amides is 1. The van der Waals surface area contributed by atoms with Crippen LogP contribution < -0.4 is 10.6 Å². The van der Waals surface area contributed by atoms with Crippen molar-refractivity contribution in [1.82, 2.24) is 19.9 Å². The van der Waals surface area contributed by atoms with E-state index < -0.39 is 5.60 Å². The van der Waals surface area contributed by atoms with Crippen LogP contribution in [0.2, 0.25) is 0 Å². The Hall–Kier alpha value is -2.81. The Morgan fingerprint density at radius 2 is 2.19 bits per heavy atom. The Morgan fingerprint density at radius 1 is 1.35 bits per heavy atom. The predicted molar refractivity (Wildman–Crippen MR) is 118 cm³/mol. The molecule has 0 spiro atoms. The normalized spacial score (nSPS) is 21.4. The van der Waals surface area contributed by atoms with Gasteiger partial charge in [-0.3, -0.25) is 4.79 Å². The summed E-state index contributed by atoms with van der Waals surface area (Å²) in [6.07, 6.45) is 4.79. The van der Waals surface area contributed by atoms with E-state index >= 15 is 0 Å². The summed E-state index contributed by atoms with van der Waals surface area (Å²) in [5.74, 6) is 1.65. The molecular weight excluding hydrogens is 394 g/mol. The Kier molecular flexibility index (Phi) is 5.00. The fourth-order valence-electron chi connectivity index (χ4n) is 4.44. The SMILES string of the molecule is COC1(c2cc(C)cc(-n3cc(C4CNC4)c4cnc(NC(C)=O)cc43)n2)CCOC1. The quantitative estimate of drug-likeness (QED) is 0.658. The van der Waals surface area contributed by atoms with Crippen LogP contribution in [0.5, 0.6) is 0 Å². The average Bonchev–Trinajstić information content (AvgIpc) is 3.32. The van der Waals surface area contributed by atoms with Crippen molar-refractivity contribution in [2.45, 2.75) is 31.8 Å². The van der Waals surface area contributed by atoms with Crippen molar-refractivity contribution in [2.75, 3.05) is 38.7 Å². The van der Waals surface area contributed by atoms with Crippen LogP contribution in [0.4, 0.5) is 5.82 Å². The summed E-state index contributed by atoms with van der Waals surface area (Å²) in [5, 5.41) is 7.22. The van der Waals surface area contributed by atoms with Gasteiger partial charge in [-0.25, -0.2) is 9.97 Å². The molecule has 0 aromatic carbocycles. The molecule has 2 fully saturated rings. The number of nitrogens with one attached hydrogen (secondary N) is 2. The number of ether oxygens (including phenoxy) is 2. The van der Waals surface area contributed by atoms with E-state index in [0.29, 0.717) is 24.9 Å². The Bertz CT molecular complexity index is 1150. The molecule has 0 bridgehead atoms. The number of methoxy groups -OCH3 is 1. The molecule has 3 aromatic heterocycles. The van der Waals surface area contributed by atoms with E-state index in [1.807, 2.05) is 12.3 Å². The number of anilines is 1. The maximum Gasteiger partial charge on any atom is 0.222 e. The molecule has 2 aliphatic rings. The minimum absolute atomic E-state index is 0.146. The molecule has 31 heavy (non-hydrogen) atoms. The highest BCUT2D eigenvalue weighted by Gasteiger charge is 2.38. The third-order valence-electron chi connectivity index (χ3n) is 6.29. The second-order valence-corrected chi connectivity index (χ2v) is 8.47. The second-order valence-electron chi connectivity index (χ2n) is 8.47. The molecule has 0 aliphatic carbocycles. The number of carbonyl (C=O) groups excluding carboxylic acids is 1. The van der Waals surface area contributed by atoms with Crippen LogP contribution in [-0.4, -0.2) is 53.9 Å². The number of aryl methyl sites for hydroxylation is 1. The Morgan fingerprint density at radius 3 is 2.84 bits per heavy atom.